The highest BCUT2D eigenvalue weighted by Gasteiger charge is 1.95. The lowest BCUT2D eigenvalue weighted by Crippen LogP contribution is -1.96. The van der Waals surface area contributed by atoms with Crippen molar-refractivity contribution in [2.45, 2.75) is 6.92 Å². The maximum absolute atomic E-state index is 4.21. The second-order valence-electron chi connectivity index (χ2n) is 2.87. The summed E-state index contributed by atoms with van der Waals surface area (Å²) in [6, 6.07) is 10.1. The Morgan fingerprint density at radius 1 is 1.38 bits per heavy atom. The first kappa shape index (κ1) is 8.05. The molecule has 65 valence electrons. The van der Waals surface area contributed by atoms with Crippen LogP contribution in [-0.4, -0.2) is 11.5 Å². The first-order chi connectivity index (χ1) is 6.40. The van der Waals surface area contributed by atoms with Crippen molar-refractivity contribution in [2.75, 3.05) is 11.9 Å². The fourth-order valence-electron chi connectivity index (χ4n) is 1.30. The molecule has 0 fully saturated rings. The van der Waals surface area contributed by atoms with E-state index in [2.05, 4.69) is 35.6 Å². The summed E-state index contributed by atoms with van der Waals surface area (Å²) in [5.74, 6) is 0. The number of anilines is 1. The van der Waals surface area contributed by atoms with Gasteiger partial charge in [0.2, 0.25) is 0 Å². The van der Waals surface area contributed by atoms with E-state index in [9.17, 15) is 0 Å². The van der Waals surface area contributed by atoms with Crippen LogP contribution in [0.2, 0.25) is 0 Å². The number of nitrogens with one attached hydrogen (secondary N) is 1. The highest BCUT2D eigenvalue weighted by Crippen LogP contribution is 2.14. The molecule has 0 aliphatic heterocycles. The molecule has 1 N–H and O–H groups in total. The number of hydrogen-bond donors (Lipinski definition) is 1. The van der Waals surface area contributed by atoms with Crippen LogP contribution in [0, 0.1) is 6.20 Å². The Morgan fingerprint density at radius 3 is 3.08 bits per heavy atom. The van der Waals surface area contributed by atoms with Gasteiger partial charge < -0.3 is 5.32 Å². The molecule has 2 aromatic rings. The number of nitrogens with zero attached hydrogens (tertiary/aromatic N) is 1. The van der Waals surface area contributed by atoms with E-state index in [1.165, 1.54) is 0 Å². The number of para-hydroxylation sites is 1. The smallest absolute Gasteiger partial charge is 0.115 e. The van der Waals surface area contributed by atoms with Crippen molar-refractivity contribution < 1.29 is 0 Å². The van der Waals surface area contributed by atoms with Gasteiger partial charge in [0.25, 0.3) is 0 Å². The Kier molecular flexibility index (Phi) is 2.13. The fourth-order valence-corrected chi connectivity index (χ4v) is 1.30. The van der Waals surface area contributed by atoms with Crippen LogP contribution in [0.5, 0.6) is 0 Å². The van der Waals surface area contributed by atoms with E-state index >= 15 is 0 Å². The molecule has 1 radical (unpaired) electrons. The molecule has 2 rings (SSSR count). The van der Waals surface area contributed by atoms with Gasteiger partial charge in [0.05, 0.1) is 11.2 Å². The van der Waals surface area contributed by atoms with E-state index in [4.69, 9.17) is 0 Å². The van der Waals surface area contributed by atoms with Gasteiger partial charge in [-0.05, 0) is 19.1 Å². The third kappa shape index (κ3) is 1.61. The minimum atomic E-state index is 0.899. The lowest BCUT2D eigenvalue weighted by molar-refractivity contribution is 1.20. The van der Waals surface area contributed by atoms with Crippen LogP contribution in [0.25, 0.3) is 10.9 Å². The molecule has 0 aliphatic rings. The van der Waals surface area contributed by atoms with Crippen LogP contribution in [0.4, 0.5) is 5.69 Å². The van der Waals surface area contributed by atoms with Gasteiger partial charge in [-0.15, -0.1) is 0 Å². The van der Waals surface area contributed by atoms with Gasteiger partial charge in [-0.2, -0.15) is 0 Å². The summed E-state index contributed by atoms with van der Waals surface area (Å²) >= 11 is 0. The number of hydrogen-bond acceptors (Lipinski definition) is 2. The Morgan fingerprint density at radius 2 is 2.23 bits per heavy atom. The Hall–Kier alpha value is -1.57. The molecule has 1 aromatic heterocycles. The molecule has 0 aliphatic carbocycles. The van der Waals surface area contributed by atoms with Gasteiger partial charge in [-0.25, -0.2) is 4.98 Å². The maximum Gasteiger partial charge on any atom is 0.115 e. The molecule has 0 unspecified atom stereocenters. The minimum Gasteiger partial charge on any atom is -0.383 e. The van der Waals surface area contributed by atoms with E-state index in [1.807, 2.05) is 18.2 Å². The second kappa shape index (κ2) is 3.44. The van der Waals surface area contributed by atoms with Crippen molar-refractivity contribution in [2.24, 2.45) is 0 Å². The van der Waals surface area contributed by atoms with Gasteiger partial charge in [0, 0.05) is 11.9 Å². The summed E-state index contributed by atoms with van der Waals surface area (Å²) in [5, 5.41) is 4.33. The summed E-state index contributed by atoms with van der Waals surface area (Å²) in [5.41, 5.74) is 1.95. The van der Waals surface area contributed by atoms with Crippen LogP contribution in [0.15, 0.2) is 30.3 Å². The summed E-state index contributed by atoms with van der Waals surface area (Å²) in [6.45, 7) is 2.96. The standard InChI is InChI=1S/C11H11N2/c1-2-12-10-7-9-5-3-4-6-11(9)13-8-10/h3-7,12H,2H2,1H3. The molecular weight excluding hydrogens is 160 g/mol. The molecule has 0 spiro atoms. The third-order valence-corrected chi connectivity index (χ3v) is 1.90. The topological polar surface area (TPSA) is 24.9 Å². The SMILES string of the molecule is CCNc1[c]nc2ccccc2c1. The molecule has 0 atom stereocenters. The number of aromatic nitrogens is 1. The Bertz CT molecular complexity index is 410. The van der Waals surface area contributed by atoms with Gasteiger partial charge in [0.1, 0.15) is 6.20 Å². The quantitative estimate of drug-likeness (QED) is 0.750. The summed E-state index contributed by atoms with van der Waals surface area (Å²) < 4.78 is 0. The van der Waals surface area contributed by atoms with Crippen LogP contribution >= 0.6 is 0 Å². The molecule has 2 nitrogen and oxygen atoms in total. The van der Waals surface area contributed by atoms with Crippen molar-refractivity contribution in [1.29, 1.82) is 0 Å². The first-order valence-corrected chi connectivity index (χ1v) is 4.41. The average Bonchev–Trinajstić information content (AvgIpc) is 2.18. The van der Waals surface area contributed by atoms with Gasteiger partial charge >= 0.3 is 0 Å². The van der Waals surface area contributed by atoms with E-state index in [-0.39, 0.29) is 0 Å². The zero-order valence-electron chi connectivity index (χ0n) is 7.54. The Labute approximate surface area is 77.6 Å². The summed E-state index contributed by atoms with van der Waals surface area (Å²) in [6.07, 6.45) is 2.95. The van der Waals surface area contributed by atoms with Crippen molar-refractivity contribution in [1.82, 2.24) is 4.98 Å². The van der Waals surface area contributed by atoms with Gasteiger partial charge in [-0.1, -0.05) is 18.2 Å². The molecule has 0 saturated heterocycles. The molecule has 13 heavy (non-hydrogen) atoms. The fraction of sp³-hybridized carbons (Fsp3) is 0.182. The molecular formula is C11H11N2. The van der Waals surface area contributed by atoms with E-state index in [0.29, 0.717) is 0 Å². The second-order valence-corrected chi connectivity index (χ2v) is 2.87. The molecule has 1 heterocycles. The third-order valence-electron chi connectivity index (χ3n) is 1.90. The number of fused-ring (bicyclic) bond motifs is 1. The minimum absolute atomic E-state index is 0.899. The van der Waals surface area contributed by atoms with Crippen LogP contribution in [0.1, 0.15) is 6.92 Å². The van der Waals surface area contributed by atoms with Crippen LogP contribution < -0.4 is 5.32 Å². The summed E-state index contributed by atoms with van der Waals surface area (Å²) in [7, 11) is 0. The molecule has 2 heteroatoms. The largest absolute Gasteiger partial charge is 0.383 e. The monoisotopic (exact) mass is 171 g/mol. The lowest BCUT2D eigenvalue weighted by atomic mass is 10.2. The maximum atomic E-state index is 4.21. The van der Waals surface area contributed by atoms with E-state index in [0.717, 1.165) is 23.1 Å². The van der Waals surface area contributed by atoms with Crippen molar-refractivity contribution in [3.05, 3.63) is 36.5 Å². The van der Waals surface area contributed by atoms with Crippen molar-refractivity contribution in [3.63, 3.8) is 0 Å². The van der Waals surface area contributed by atoms with Crippen LogP contribution in [0.3, 0.4) is 0 Å². The normalized spacial score (nSPS) is 10.2. The number of rotatable bonds is 2. The highest BCUT2D eigenvalue weighted by molar-refractivity contribution is 5.81. The highest BCUT2D eigenvalue weighted by atomic mass is 14.9. The van der Waals surface area contributed by atoms with E-state index < -0.39 is 0 Å². The summed E-state index contributed by atoms with van der Waals surface area (Å²) in [4.78, 5) is 4.21. The number of benzene rings is 1. The molecule has 0 amide bonds. The zero-order valence-corrected chi connectivity index (χ0v) is 7.54. The van der Waals surface area contributed by atoms with Gasteiger partial charge in [-0.3, -0.25) is 0 Å². The lowest BCUT2D eigenvalue weighted by Gasteiger charge is -2.02. The number of pyridine rings is 1. The van der Waals surface area contributed by atoms with Gasteiger partial charge in [0.15, 0.2) is 0 Å². The van der Waals surface area contributed by atoms with Crippen molar-refractivity contribution >= 4 is 16.6 Å². The van der Waals surface area contributed by atoms with Crippen LogP contribution in [-0.2, 0) is 0 Å². The zero-order chi connectivity index (χ0) is 9.10. The predicted octanol–water partition coefficient (Wildman–Crippen LogP) is 2.47. The molecule has 0 saturated carbocycles. The predicted molar refractivity (Wildman–Crippen MR) is 54.7 cm³/mol. The molecule has 1 aromatic carbocycles. The average molecular weight is 171 g/mol. The first-order valence-electron chi connectivity index (χ1n) is 4.41. The van der Waals surface area contributed by atoms with E-state index in [1.54, 1.807) is 0 Å². The van der Waals surface area contributed by atoms with Crippen molar-refractivity contribution in [3.8, 4) is 0 Å². The Balaban J connectivity index is 2.49. The molecule has 0 bridgehead atoms.